The Balaban J connectivity index is 2.18. The Morgan fingerprint density at radius 1 is 1.80 bits per heavy atom. The van der Waals surface area contributed by atoms with Crippen LogP contribution in [0.15, 0.2) is 0 Å². The van der Waals surface area contributed by atoms with E-state index in [0.717, 1.165) is 13.1 Å². The quantitative estimate of drug-likeness (QED) is 0.505. The Labute approximate surface area is 59.6 Å². The van der Waals surface area contributed by atoms with Gasteiger partial charge in [0.2, 0.25) is 0 Å². The third kappa shape index (κ3) is 1.60. The second-order valence-electron chi connectivity index (χ2n) is 3.07. The van der Waals surface area contributed by atoms with Crippen molar-refractivity contribution in [3.05, 3.63) is 0 Å². The fraction of sp³-hybridized carbons (Fsp3) is 0.833. The second-order valence-corrected chi connectivity index (χ2v) is 3.07. The van der Waals surface area contributed by atoms with Crippen molar-refractivity contribution in [2.24, 2.45) is 5.41 Å². The Morgan fingerprint density at radius 3 is 2.70 bits per heavy atom. The molecule has 0 radical (unpaired) electrons. The fourth-order valence-corrected chi connectivity index (χ4v) is 0.966. The van der Waals surface area contributed by atoms with Crippen molar-refractivity contribution in [2.75, 3.05) is 19.6 Å². The van der Waals surface area contributed by atoms with Gasteiger partial charge in [0.1, 0.15) is 0 Å². The van der Waals surface area contributed by atoms with E-state index in [9.17, 15) is 4.79 Å². The van der Waals surface area contributed by atoms with Crippen molar-refractivity contribution in [1.29, 1.82) is 0 Å². The van der Waals surface area contributed by atoms with E-state index >= 15 is 0 Å². The van der Waals surface area contributed by atoms with Crippen molar-refractivity contribution in [2.45, 2.75) is 6.92 Å². The SMILES string of the molecule is CC1(CNC(=O)O)CNC1. The minimum atomic E-state index is -0.937. The van der Waals surface area contributed by atoms with E-state index in [4.69, 9.17) is 5.11 Å². The monoisotopic (exact) mass is 144 g/mol. The van der Waals surface area contributed by atoms with E-state index in [-0.39, 0.29) is 5.41 Å². The highest BCUT2D eigenvalue weighted by Gasteiger charge is 2.31. The van der Waals surface area contributed by atoms with E-state index in [1.165, 1.54) is 0 Å². The summed E-state index contributed by atoms with van der Waals surface area (Å²) in [4.78, 5) is 10.1. The van der Waals surface area contributed by atoms with Crippen molar-refractivity contribution < 1.29 is 9.90 Å². The highest BCUT2D eigenvalue weighted by Crippen LogP contribution is 2.19. The van der Waals surface area contributed by atoms with Crippen LogP contribution in [-0.4, -0.2) is 30.8 Å². The van der Waals surface area contributed by atoms with Gasteiger partial charge in [-0.2, -0.15) is 0 Å². The molecule has 0 spiro atoms. The molecule has 0 bridgehead atoms. The summed E-state index contributed by atoms with van der Waals surface area (Å²) in [6.07, 6.45) is -0.937. The molecule has 0 aromatic carbocycles. The molecule has 4 heteroatoms. The lowest BCUT2D eigenvalue weighted by atomic mass is 9.84. The van der Waals surface area contributed by atoms with Gasteiger partial charge in [0.15, 0.2) is 0 Å². The van der Waals surface area contributed by atoms with Crippen molar-refractivity contribution in [3.63, 3.8) is 0 Å². The summed E-state index contributed by atoms with van der Waals surface area (Å²) in [5, 5.41) is 13.7. The first-order valence-electron chi connectivity index (χ1n) is 3.30. The van der Waals surface area contributed by atoms with E-state index in [1.807, 2.05) is 0 Å². The van der Waals surface area contributed by atoms with Crippen LogP contribution in [0.2, 0.25) is 0 Å². The average molecular weight is 144 g/mol. The second kappa shape index (κ2) is 2.46. The molecule has 0 saturated carbocycles. The lowest BCUT2D eigenvalue weighted by Gasteiger charge is -2.38. The van der Waals surface area contributed by atoms with Crippen LogP contribution in [0.25, 0.3) is 0 Å². The van der Waals surface area contributed by atoms with Crippen LogP contribution in [0.1, 0.15) is 6.92 Å². The molecular weight excluding hydrogens is 132 g/mol. The largest absolute Gasteiger partial charge is 0.465 e. The number of nitrogens with one attached hydrogen (secondary N) is 2. The molecule has 3 N–H and O–H groups in total. The molecule has 1 heterocycles. The molecule has 4 nitrogen and oxygen atoms in total. The Hall–Kier alpha value is -0.770. The highest BCUT2D eigenvalue weighted by molar-refractivity contribution is 5.64. The Kier molecular flexibility index (Phi) is 1.80. The molecule has 58 valence electrons. The van der Waals surface area contributed by atoms with Crippen molar-refractivity contribution >= 4 is 6.09 Å². The van der Waals surface area contributed by atoms with Gasteiger partial charge in [-0.25, -0.2) is 4.79 Å². The Morgan fingerprint density at radius 2 is 2.40 bits per heavy atom. The van der Waals surface area contributed by atoms with Gasteiger partial charge >= 0.3 is 6.09 Å². The van der Waals surface area contributed by atoms with Crippen molar-refractivity contribution in [3.8, 4) is 0 Å². The summed E-state index contributed by atoms with van der Waals surface area (Å²) in [6.45, 7) is 4.43. The summed E-state index contributed by atoms with van der Waals surface area (Å²) in [6, 6.07) is 0. The number of amides is 1. The van der Waals surface area contributed by atoms with Gasteiger partial charge in [0.05, 0.1) is 0 Å². The molecule has 0 aromatic rings. The first kappa shape index (κ1) is 7.34. The molecule has 1 aliphatic heterocycles. The maximum Gasteiger partial charge on any atom is 0.404 e. The van der Waals surface area contributed by atoms with Crippen LogP contribution >= 0.6 is 0 Å². The molecule has 10 heavy (non-hydrogen) atoms. The zero-order valence-electron chi connectivity index (χ0n) is 5.98. The maximum absolute atomic E-state index is 10.1. The van der Waals surface area contributed by atoms with E-state index in [0.29, 0.717) is 6.54 Å². The van der Waals surface area contributed by atoms with E-state index in [1.54, 1.807) is 0 Å². The van der Waals surface area contributed by atoms with Gasteiger partial charge in [-0.1, -0.05) is 6.92 Å². The van der Waals surface area contributed by atoms with Crippen LogP contribution in [0.4, 0.5) is 4.79 Å². The Bertz CT molecular complexity index is 143. The van der Waals surface area contributed by atoms with Crippen LogP contribution in [0.5, 0.6) is 0 Å². The molecule has 1 saturated heterocycles. The summed E-state index contributed by atoms with van der Waals surface area (Å²) in [5.74, 6) is 0. The van der Waals surface area contributed by atoms with Gasteiger partial charge < -0.3 is 15.7 Å². The highest BCUT2D eigenvalue weighted by atomic mass is 16.4. The van der Waals surface area contributed by atoms with Crippen LogP contribution in [0, 0.1) is 5.41 Å². The first-order valence-corrected chi connectivity index (χ1v) is 3.30. The predicted molar refractivity (Wildman–Crippen MR) is 37.0 cm³/mol. The predicted octanol–water partition coefficient (Wildman–Crippen LogP) is -0.136. The summed E-state index contributed by atoms with van der Waals surface area (Å²) >= 11 is 0. The summed E-state index contributed by atoms with van der Waals surface area (Å²) < 4.78 is 0. The molecule has 1 aliphatic rings. The number of rotatable bonds is 2. The number of hydrogen-bond donors (Lipinski definition) is 3. The number of hydrogen-bond acceptors (Lipinski definition) is 2. The lowest BCUT2D eigenvalue weighted by Crippen LogP contribution is -2.56. The summed E-state index contributed by atoms with van der Waals surface area (Å²) in [5.41, 5.74) is 0.151. The standard InChI is InChI=1S/C6H12N2O2/c1-6(2-7-3-6)4-8-5(9)10/h7-8H,2-4H2,1H3,(H,9,10). The molecule has 1 amide bonds. The van der Waals surface area contributed by atoms with E-state index < -0.39 is 6.09 Å². The molecular formula is C6H12N2O2. The molecule has 0 aromatic heterocycles. The zero-order valence-corrected chi connectivity index (χ0v) is 5.98. The van der Waals surface area contributed by atoms with Gasteiger partial charge in [0.25, 0.3) is 0 Å². The topological polar surface area (TPSA) is 61.4 Å². The summed E-state index contributed by atoms with van der Waals surface area (Å²) in [7, 11) is 0. The van der Waals surface area contributed by atoms with E-state index in [2.05, 4.69) is 17.6 Å². The zero-order chi connectivity index (χ0) is 7.61. The number of carbonyl (C=O) groups is 1. The third-order valence-corrected chi connectivity index (χ3v) is 1.77. The fourth-order valence-electron chi connectivity index (χ4n) is 0.966. The smallest absolute Gasteiger partial charge is 0.404 e. The number of carboxylic acid groups (broad SMARTS) is 1. The van der Waals surface area contributed by atoms with Crippen LogP contribution < -0.4 is 10.6 Å². The van der Waals surface area contributed by atoms with Crippen LogP contribution in [-0.2, 0) is 0 Å². The van der Waals surface area contributed by atoms with Gasteiger partial charge in [-0.05, 0) is 0 Å². The molecule has 0 atom stereocenters. The molecule has 0 unspecified atom stereocenters. The minimum absolute atomic E-state index is 0.151. The van der Waals surface area contributed by atoms with Crippen LogP contribution in [0.3, 0.4) is 0 Å². The average Bonchev–Trinajstić information content (AvgIpc) is 1.79. The minimum Gasteiger partial charge on any atom is -0.465 e. The molecule has 1 rings (SSSR count). The van der Waals surface area contributed by atoms with Gasteiger partial charge in [-0.3, -0.25) is 0 Å². The van der Waals surface area contributed by atoms with Crippen molar-refractivity contribution in [1.82, 2.24) is 10.6 Å². The molecule has 0 aliphatic carbocycles. The third-order valence-electron chi connectivity index (χ3n) is 1.77. The lowest BCUT2D eigenvalue weighted by molar-refractivity contribution is 0.164. The van der Waals surface area contributed by atoms with Gasteiger partial charge in [-0.15, -0.1) is 0 Å². The van der Waals surface area contributed by atoms with Gasteiger partial charge in [0, 0.05) is 25.0 Å². The molecule has 1 fully saturated rings. The maximum atomic E-state index is 10.1. The first-order chi connectivity index (χ1) is 4.62. The normalized spacial score (nSPS) is 21.3.